The SMILES string of the molecule is Oc1ccc(CNCC2CCCC(O)C2)cc1O. The topological polar surface area (TPSA) is 72.7 Å². The fraction of sp³-hybridized carbons (Fsp3) is 0.571. The van der Waals surface area contributed by atoms with Gasteiger partial charge in [0.1, 0.15) is 0 Å². The smallest absolute Gasteiger partial charge is 0.157 e. The van der Waals surface area contributed by atoms with Crippen LogP contribution in [0.15, 0.2) is 18.2 Å². The molecular formula is C14H21NO3. The molecule has 2 unspecified atom stereocenters. The fourth-order valence-corrected chi connectivity index (χ4v) is 2.55. The number of benzene rings is 1. The lowest BCUT2D eigenvalue weighted by Gasteiger charge is -2.26. The minimum atomic E-state index is -0.136. The van der Waals surface area contributed by atoms with Crippen molar-refractivity contribution in [3.05, 3.63) is 23.8 Å². The van der Waals surface area contributed by atoms with Crippen molar-refractivity contribution in [1.82, 2.24) is 5.32 Å². The number of nitrogens with one attached hydrogen (secondary N) is 1. The maximum atomic E-state index is 9.57. The second-order valence-electron chi connectivity index (χ2n) is 5.14. The lowest BCUT2D eigenvalue weighted by atomic mass is 9.87. The van der Waals surface area contributed by atoms with Gasteiger partial charge in [0, 0.05) is 6.54 Å². The Bertz CT molecular complexity index is 395. The van der Waals surface area contributed by atoms with E-state index in [9.17, 15) is 15.3 Å². The van der Waals surface area contributed by atoms with Gasteiger partial charge in [-0.25, -0.2) is 0 Å². The summed E-state index contributed by atoms with van der Waals surface area (Å²) in [6.07, 6.45) is 3.96. The van der Waals surface area contributed by atoms with E-state index in [1.165, 1.54) is 12.5 Å². The maximum absolute atomic E-state index is 9.57. The number of rotatable bonds is 4. The van der Waals surface area contributed by atoms with Gasteiger partial charge in [-0.3, -0.25) is 0 Å². The van der Waals surface area contributed by atoms with E-state index in [4.69, 9.17) is 0 Å². The van der Waals surface area contributed by atoms with Gasteiger partial charge in [0.25, 0.3) is 0 Å². The first-order valence-corrected chi connectivity index (χ1v) is 6.55. The van der Waals surface area contributed by atoms with Crippen molar-refractivity contribution in [1.29, 1.82) is 0 Å². The molecule has 2 atom stereocenters. The molecule has 0 amide bonds. The summed E-state index contributed by atoms with van der Waals surface area (Å²) >= 11 is 0. The molecule has 0 aliphatic heterocycles. The normalized spacial score (nSPS) is 24.1. The highest BCUT2D eigenvalue weighted by atomic mass is 16.3. The Morgan fingerprint density at radius 2 is 2.00 bits per heavy atom. The maximum Gasteiger partial charge on any atom is 0.157 e. The van der Waals surface area contributed by atoms with Crippen molar-refractivity contribution in [2.24, 2.45) is 5.92 Å². The second kappa shape index (κ2) is 6.07. The second-order valence-corrected chi connectivity index (χ2v) is 5.14. The molecule has 0 radical (unpaired) electrons. The van der Waals surface area contributed by atoms with E-state index in [1.54, 1.807) is 12.1 Å². The molecule has 0 spiro atoms. The fourth-order valence-electron chi connectivity index (χ4n) is 2.55. The highest BCUT2D eigenvalue weighted by Gasteiger charge is 2.19. The third-order valence-electron chi connectivity index (χ3n) is 3.56. The summed E-state index contributed by atoms with van der Waals surface area (Å²) in [5.41, 5.74) is 0.946. The van der Waals surface area contributed by atoms with Crippen LogP contribution in [-0.4, -0.2) is 28.0 Å². The van der Waals surface area contributed by atoms with Crippen LogP contribution < -0.4 is 5.32 Å². The lowest BCUT2D eigenvalue weighted by Crippen LogP contribution is -2.28. The van der Waals surface area contributed by atoms with Gasteiger partial charge in [-0.1, -0.05) is 12.5 Å². The van der Waals surface area contributed by atoms with Crippen LogP contribution in [-0.2, 0) is 6.54 Å². The van der Waals surface area contributed by atoms with Crippen LogP contribution in [0.25, 0.3) is 0 Å². The lowest BCUT2D eigenvalue weighted by molar-refractivity contribution is 0.101. The van der Waals surface area contributed by atoms with Crippen LogP contribution in [0, 0.1) is 5.92 Å². The van der Waals surface area contributed by atoms with Gasteiger partial charge in [0.2, 0.25) is 0 Å². The molecule has 1 saturated carbocycles. The number of hydrogen-bond donors (Lipinski definition) is 4. The molecule has 1 aromatic carbocycles. The van der Waals surface area contributed by atoms with Crippen LogP contribution >= 0.6 is 0 Å². The Balaban J connectivity index is 1.76. The van der Waals surface area contributed by atoms with Crippen LogP contribution in [0.5, 0.6) is 11.5 Å². The van der Waals surface area contributed by atoms with Gasteiger partial charge in [-0.05, 0) is 49.4 Å². The predicted octanol–water partition coefficient (Wildman–Crippen LogP) is 1.74. The molecule has 0 aromatic heterocycles. The Kier molecular flexibility index (Phi) is 4.44. The largest absolute Gasteiger partial charge is 0.504 e. The predicted molar refractivity (Wildman–Crippen MR) is 69.4 cm³/mol. The molecule has 1 aromatic rings. The third-order valence-corrected chi connectivity index (χ3v) is 3.56. The standard InChI is InChI=1S/C14H21NO3/c16-12-3-1-2-10(6-12)8-15-9-11-4-5-13(17)14(18)7-11/h4-5,7,10,12,15-18H,1-3,6,8-9H2. The summed E-state index contributed by atoms with van der Waals surface area (Å²) in [6, 6.07) is 4.85. The van der Waals surface area contributed by atoms with Gasteiger partial charge in [-0.15, -0.1) is 0 Å². The highest BCUT2D eigenvalue weighted by Crippen LogP contribution is 2.25. The Hall–Kier alpha value is -1.26. The minimum absolute atomic E-state index is 0.0811. The van der Waals surface area contributed by atoms with Gasteiger partial charge in [0.05, 0.1) is 6.10 Å². The molecule has 100 valence electrons. The first-order chi connectivity index (χ1) is 8.65. The molecule has 0 heterocycles. The van der Waals surface area contributed by atoms with E-state index in [-0.39, 0.29) is 17.6 Å². The van der Waals surface area contributed by atoms with E-state index in [0.29, 0.717) is 12.5 Å². The van der Waals surface area contributed by atoms with Gasteiger partial charge in [-0.2, -0.15) is 0 Å². The van der Waals surface area contributed by atoms with Crippen molar-refractivity contribution >= 4 is 0 Å². The molecular weight excluding hydrogens is 230 g/mol. The molecule has 18 heavy (non-hydrogen) atoms. The Morgan fingerprint density at radius 1 is 1.17 bits per heavy atom. The van der Waals surface area contributed by atoms with Crippen molar-refractivity contribution in [3.63, 3.8) is 0 Å². The zero-order valence-corrected chi connectivity index (χ0v) is 10.5. The number of aliphatic hydroxyl groups excluding tert-OH is 1. The third kappa shape index (κ3) is 3.62. The number of phenols is 2. The zero-order chi connectivity index (χ0) is 13.0. The molecule has 2 rings (SSSR count). The summed E-state index contributed by atoms with van der Waals surface area (Å²) in [4.78, 5) is 0. The molecule has 1 fully saturated rings. The highest BCUT2D eigenvalue weighted by molar-refractivity contribution is 5.40. The van der Waals surface area contributed by atoms with Crippen LogP contribution in [0.2, 0.25) is 0 Å². The summed E-state index contributed by atoms with van der Waals surface area (Å²) in [5.74, 6) is 0.371. The molecule has 0 bridgehead atoms. The monoisotopic (exact) mass is 251 g/mol. The molecule has 4 heteroatoms. The first-order valence-electron chi connectivity index (χ1n) is 6.55. The molecule has 1 aliphatic carbocycles. The van der Waals surface area contributed by atoms with E-state index in [2.05, 4.69) is 5.32 Å². The van der Waals surface area contributed by atoms with E-state index in [0.717, 1.165) is 31.4 Å². The van der Waals surface area contributed by atoms with Crippen LogP contribution in [0.3, 0.4) is 0 Å². The number of aromatic hydroxyl groups is 2. The van der Waals surface area contributed by atoms with Crippen molar-refractivity contribution < 1.29 is 15.3 Å². The van der Waals surface area contributed by atoms with Crippen molar-refractivity contribution in [2.45, 2.75) is 38.3 Å². The number of aliphatic hydroxyl groups is 1. The van der Waals surface area contributed by atoms with E-state index < -0.39 is 0 Å². The van der Waals surface area contributed by atoms with E-state index in [1.807, 2.05) is 0 Å². The molecule has 4 N–H and O–H groups in total. The average molecular weight is 251 g/mol. The van der Waals surface area contributed by atoms with Crippen LogP contribution in [0.4, 0.5) is 0 Å². The van der Waals surface area contributed by atoms with Crippen molar-refractivity contribution in [3.8, 4) is 11.5 Å². The molecule has 0 saturated heterocycles. The molecule has 4 nitrogen and oxygen atoms in total. The summed E-state index contributed by atoms with van der Waals surface area (Å²) in [5, 5.41) is 31.5. The number of hydrogen-bond acceptors (Lipinski definition) is 4. The van der Waals surface area contributed by atoms with E-state index >= 15 is 0 Å². The first kappa shape index (κ1) is 13.2. The van der Waals surface area contributed by atoms with Gasteiger partial charge >= 0.3 is 0 Å². The number of phenolic OH excluding ortho intramolecular Hbond substituents is 2. The Morgan fingerprint density at radius 3 is 2.72 bits per heavy atom. The quantitative estimate of drug-likeness (QED) is 0.615. The van der Waals surface area contributed by atoms with Gasteiger partial charge in [0.15, 0.2) is 11.5 Å². The van der Waals surface area contributed by atoms with Crippen LogP contribution in [0.1, 0.15) is 31.2 Å². The summed E-state index contributed by atoms with van der Waals surface area (Å²) < 4.78 is 0. The van der Waals surface area contributed by atoms with Gasteiger partial charge < -0.3 is 20.6 Å². The van der Waals surface area contributed by atoms with Crippen molar-refractivity contribution in [2.75, 3.05) is 6.54 Å². The Labute approximate surface area is 107 Å². The minimum Gasteiger partial charge on any atom is -0.504 e. The summed E-state index contributed by atoms with van der Waals surface area (Å²) in [7, 11) is 0. The average Bonchev–Trinajstić information content (AvgIpc) is 2.34. The summed E-state index contributed by atoms with van der Waals surface area (Å²) in [6.45, 7) is 1.55. The molecule has 1 aliphatic rings. The zero-order valence-electron chi connectivity index (χ0n) is 10.5.